The summed E-state index contributed by atoms with van der Waals surface area (Å²) in [6.45, 7) is -0.300. The van der Waals surface area contributed by atoms with Gasteiger partial charge < -0.3 is 15.7 Å². The number of rotatable bonds is 5. The van der Waals surface area contributed by atoms with Gasteiger partial charge in [0, 0.05) is 18.7 Å². The van der Waals surface area contributed by atoms with Crippen molar-refractivity contribution in [3.8, 4) is 0 Å². The van der Waals surface area contributed by atoms with Crippen molar-refractivity contribution in [2.24, 2.45) is 0 Å². The number of halogens is 3. The lowest BCUT2D eigenvalue weighted by molar-refractivity contribution is 0.173. The summed E-state index contributed by atoms with van der Waals surface area (Å²) in [4.78, 5) is 11.6. The Labute approximate surface area is 131 Å². The van der Waals surface area contributed by atoms with Crippen molar-refractivity contribution >= 4 is 6.03 Å². The first-order valence-corrected chi connectivity index (χ1v) is 6.85. The van der Waals surface area contributed by atoms with Crippen LogP contribution in [0.2, 0.25) is 0 Å². The summed E-state index contributed by atoms with van der Waals surface area (Å²) in [6.07, 6.45) is -1.01. The maximum atomic E-state index is 13.4. The van der Waals surface area contributed by atoms with Gasteiger partial charge in [0.1, 0.15) is 17.5 Å². The van der Waals surface area contributed by atoms with E-state index in [1.54, 1.807) is 0 Å². The molecule has 2 amide bonds. The second-order valence-electron chi connectivity index (χ2n) is 4.87. The normalized spacial score (nSPS) is 11.8. The highest BCUT2D eigenvalue weighted by Crippen LogP contribution is 2.12. The Morgan fingerprint density at radius 2 is 1.65 bits per heavy atom. The SMILES string of the molecule is O=C(NCc1cc(F)ccc1F)NCC(O)c1ccc(F)cc1. The van der Waals surface area contributed by atoms with Crippen LogP contribution in [0.15, 0.2) is 42.5 Å². The van der Waals surface area contributed by atoms with Gasteiger partial charge in [-0.3, -0.25) is 0 Å². The minimum Gasteiger partial charge on any atom is -0.387 e. The van der Waals surface area contributed by atoms with Gasteiger partial charge in [0.25, 0.3) is 0 Å². The molecule has 2 aromatic carbocycles. The Kier molecular flexibility index (Phi) is 5.59. The van der Waals surface area contributed by atoms with E-state index in [-0.39, 0.29) is 18.7 Å². The molecular weight excluding hydrogens is 309 g/mol. The van der Waals surface area contributed by atoms with Gasteiger partial charge in [-0.25, -0.2) is 18.0 Å². The molecule has 0 radical (unpaired) electrons. The van der Waals surface area contributed by atoms with Crippen molar-refractivity contribution in [3.63, 3.8) is 0 Å². The number of hydrogen-bond donors (Lipinski definition) is 3. The molecule has 1 atom stereocenters. The molecule has 7 heteroatoms. The van der Waals surface area contributed by atoms with Gasteiger partial charge >= 0.3 is 6.03 Å². The van der Waals surface area contributed by atoms with Gasteiger partial charge in [-0.05, 0) is 35.9 Å². The first-order valence-electron chi connectivity index (χ1n) is 6.85. The number of amides is 2. The van der Waals surface area contributed by atoms with Crippen LogP contribution in [0.1, 0.15) is 17.2 Å². The quantitative estimate of drug-likeness (QED) is 0.792. The fraction of sp³-hybridized carbons (Fsp3) is 0.188. The molecule has 4 nitrogen and oxygen atoms in total. The number of carbonyl (C=O) groups is 1. The third-order valence-corrected chi connectivity index (χ3v) is 3.16. The predicted octanol–water partition coefficient (Wildman–Crippen LogP) is 2.64. The number of nitrogens with one attached hydrogen (secondary N) is 2. The lowest BCUT2D eigenvalue weighted by Crippen LogP contribution is -2.37. The lowest BCUT2D eigenvalue weighted by atomic mass is 10.1. The standard InChI is InChI=1S/C16H15F3N2O2/c17-12-3-1-10(2-4-12)15(22)9-21-16(23)20-8-11-7-13(18)5-6-14(11)19/h1-7,15,22H,8-9H2,(H2,20,21,23). The Balaban J connectivity index is 1.81. The fourth-order valence-corrected chi connectivity index (χ4v) is 1.91. The van der Waals surface area contributed by atoms with E-state index in [1.165, 1.54) is 24.3 Å². The summed E-state index contributed by atoms with van der Waals surface area (Å²) in [5.41, 5.74) is 0.460. The monoisotopic (exact) mass is 324 g/mol. The third-order valence-electron chi connectivity index (χ3n) is 3.16. The molecule has 0 heterocycles. The molecule has 0 fully saturated rings. The molecule has 122 valence electrons. The summed E-state index contributed by atoms with van der Waals surface area (Å²) in [7, 11) is 0. The van der Waals surface area contributed by atoms with E-state index in [2.05, 4.69) is 10.6 Å². The number of aliphatic hydroxyl groups is 1. The number of hydrogen-bond acceptors (Lipinski definition) is 2. The van der Waals surface area contributed by atoms with Gasteiger partial charge in [-0.15, -0.1) is 0 Å². The highest BCUT2D eigenvalue weighted by Gasteiger charge is 2.10. The van der Waals surface area contributed by atoms with Crippen LogP contribution in [0.3, 0.4) is 0 Å². The van der Waals surface area contributed by atoms with E-state index in [9.17, 15) is 23.1 Å². The highest BCUT2D eigenvalue weighted by atomic mass is 19.1. The van der Waals surface area contributed by atoms with Crippen LogP contribution in [-0.4, -0.2) is 17.7 Å². The molecule has 0 bridgehead atoms. The van der Waals surface area contributed by atoms with Crippen molar-refractivity contribution < 1.29 is 23.1 Å². The van der Waals surface area contributed by atoms with Crippen LogP contribution in [0, 0.1) is 17.5 Å². The molecule has 0 spiro atoms. The second kappa shape index (κ2) is 7.64. The van der Waals surface area contributed by atoms with Crippen LogP contribution in [0.4, 0.5) is 18.0 Å². The molecule has 2 rings (SSSR count). The predicted molar refractivity (Wildman–Crippen MR) is 78.0 cm³/mol. The largest absolute Gasteiger partial charge is 0.387 e. The molecule has 0 aliphatic carbocycles. The Bertz CT molecular complexity index is 678. The Morgan fingerprint density at radius 3 is 2.35 bits per heavy atom. The number of aliphatic hydroxyl groups excluding tert-OH is 1. The summed E-state index contributed by atoms with van der Waals surface area (Å²) in [6, 6.07) is 7.51. The molecule has 3 N–H and O–H groups in total. The third kappa shape index (κ3) is 5.00. The number of benzene rings is 2. The van der Waals surface area contributed by atoms with E-state index in [1.807, 2.05) is 0 Å². The van der Waals surface area contributed by atoms with Crippen LogP contribution >= 0.6 is 0 Å². The Hall–Kier alpha value is -2.54. The molecule has 1 unspecified atom stereocenters. The summed E-state index contributed by atoms with van der Waals surface area (Å²) in [5, 5.41) is 14.6. The fourth-order valence-electron chi connectivity index (χ4n) is 1.91. The van der Waals surface area contributed by atoms with Crippen molar-refractivity contribution in [1.29, 1.82) is 0 Å². The van der Waals surface area contributed by atoms with Gasteiger partial charge in [0.2, 0.25) is 0 Å². The average Bonchev–Trinajstić information content (AvgIpc) is 2.54. The topological polar surface area (TPSA) is 61.4 Å². The molecule has 23 heavy (non-hydrogen) atoms. The first-order chi connectivity index (χ1) is 11.0. The van der Waals surface area contributed by atoms with Crippen LogP contribution in [0.5, 0.6) is 0 Å². The van der Waals surface area contributed by atoms with E-state index in [0.717, 1.165) is 18.2 Å². The minimum atomic E-state index is -1.01. The van der Waals surface area contributed by atoms with E-state index < -0.39 is 29.6 Å². The highest BCUT2D eigenvalue weighted by molar-refractivity contribution is 5.73. The van der Waals surface area contributed by atoms with Gasteiger partial charge in [0.15, 0.2) is 0 Å². The number of urea groups is 1. The van der Waals surface area contributed by atoms with Gasteiger partial charge in [-0.1, -0.05) is 12.1 Å². The smallest absolute Gasteiger partial charge is 0.315 e. The van der Waals surface area contributed by atoms with E-state index in [0.29, 0.717) is 5.56 Å². The minimum absolute atomic E-state index is 0.0132. The molecule has 0 aliphatic rings. The van der Waals surface area contributed by atoms with Crippen molar-refractivity contribution in [3.05, 3.63) is 71.0 Å². The van der Waals surface area contributed by atoms with Gasteiger partial charge in [-0.2, -0.15) is 0 Å². The van der Waals surface area contributed by atoms with Crippen LogP contribution < -0.4 is 10.6 Å². The summed E-state index contributed by atoms with van der Waals surface area (Å²) >= 11 is 0. The first kappa shape index (κ1) is 16.8. The second-order valence-corrected chi connectivity index (χ2v) is 4.87. The molecule has 0 saturated heterocycles. The number of carbonyl (C=O) groups excluding carboxylic acids is 1. The van der Waals surface area contributed by atoms with Crippen molar-refractivity contribution in [2.45, 2.75) is 12.6 Å². The van der Waals surface area contributed by atoms with Crippen LogP contribution in [-0.2, 0) is 6.54 Å². The maximum absolute atomic E-state index is 13.4. The zero-order valence-electron chi connectivity index (χ0n) is 12.0. The zero-order valence-corrected chi connectivity index (χ0v) is 12.0. The summed E-state index contributed by atoms with van der Waals surface area (Å²) < 4.78 is 39.1. The van der Waals surface area contributed by atoms with E-state index >= 15 is 0 Å². The van der Waals surface area contributed by atoms with E-state index in [4.69, 9.17) is 0 Å². The molecular formula is C16H15F3N2O2. The zero-order chi connectivity index (χ0) is 16.8. The average molecular weight is 324 g/mol. The molecule has 2 aromatic rings. The molecule has 0 aliphatic heterocycles. The van der Waals surface area contributed by atoms with Crippen LogP contribution in [0.25, 0.3) is 0 Å². The maximum Gasteiger partial charge on any atom is 0.315 e. The molecule has 0 aromatic heterocycles. The van der Waals surface area contributed by atoms with Crippen molar-refractivity contribution in [1.82, 2.24) is 10.6 Å². The van der Waals surface area contributed by atoms with Crippen molar-refractivity contribution in [2.75, 3.05) is 6.54 Å². The Morgan fingerprint density at radius 1 is 1.00 bits per heavy atom. The molecule has 0 saturated carbocycles. The lowest BCUT2D eigenvalue weighted by Gasteiger charge is -2.13. The van der Waals surface area contributed by atoms with Gasteiger partial charge in [0.05, 0.1) is 6.10 Å². The summed E-state index contributed by atoms with van der Waals surface area (Å²) in [5.74, 6) is -1.66.